The van der Waals surface area contributed by atoms with Crippen LogP contribution in [0.2, 0.25) is 0 Å². The lowest BCUT2D eigenvalue weighted by atomic mass is 10.2. The predicted octanol–water partition coefficient (Wildman–Crippen LogP) is 3.26. The van der Waals surface area contributed by atoms with E-state index in [-0.39, 0.29) is 5.82 Å². The van der Waals surface area contributed by atoms with Crippen LogP contribution >= 0.6 is 12.2 Å². The molecule has 1 heterocycles. The summed E-state index contributed by atoms with van der Waals surface area (Å²) >= 11 is 4.99. The number of hydrogen-bond donors (Lipinski definition) is 2. The van der Waals surface area contributed by atoms with Crippen LogP contribution in [0.15, 0.2) is 59.8 Å². The first kappa shape index (κ1) is 16.1. The minimum atomic E-state index is -0.202. The SMILES string of the molecule is CNC(=S)NN=Cc1cn(Cc2ccccc2F)c2ccccc12. The molecule has 6 heteroatoms. The molecule has 0 saturated carbocycles. The van der Waals surface area contributed by atoms with E-state index >= 15 is 0 Å². The summed E-state index contributed by atoms with van der Waals surface area (Å²) in [7, 11) is 1.73. The van der Waals surface area contributed by atoms with Gasteiger partial charge in [0.1, 0.15) is 5.82 Å². The summed E-state index contributed by atoms with van der Waals surface area (Å²) in [5.41, 5.74) is 5.35. The number of aromatic nitrogens is 1. The number of rotatable bonds is 4. The van der Waals surface area contributed by atoms with Crippen LogP contribution in [0.25, 0.3) is 10.9 Å². The van der Waals surface area contributed by atoms with E-state index in [1.165, 1.54) is 6.07 Å². The van der Waals surface area contributed by atoms with Crippen LogP contribution in [0.4, 0.5) is 4.39 Å². The van der Waals surface area contributed by atoms with Gasteiger partial charge in [-0.15, -0.1) is 0 Å². The normalized spacial score (nSPS) is 11.1. The summed E-state index contributed by atoms with van der Waals surface area (Å²) in [5.74, 6) is -0.202. The van der Waals surface area contributed by atoms with E-state index in [9.17, 15) is 4.39 Å². The van der Waals surface area contributed by atoms with Crippen molar-refractivity contribution in [1.82, 2.24) is 15.3 Å². The largest absolute Gasteiger partial charge is 0.364 e. The van der Waals surface area contributed by atoms with Crippen LogP contribution < -0.4 is 10.7 Å². The molecule has 3 rings (SSSR count). The number of hydrazone groups is 1. The molecule has 0 saturated heterocycles. The van der Waals surface area contributed by atoms with E-state index in [1.54, 1.807) is 25.4 Å². The number of para-hydroxylation sites is 1. The maximum atomic E-state index is 13.9. The van der Waals surface area contributed by atoms with Gasteiger partial charge in [0, 0.05) is 35.3 Å². The zero-order valence-electron chi connectivity index (χ0n) is 13.2. The highest BCUT2D eigenvalue weighted by atomic mass is 32.1. The fourth-order valence-corrected chi connectivity index (χ4v) is 2.59. The van der Waals surface area contributed by atoms with E-state index in [0.717, 1.165) is 16.5 Å². The lowest BCUT2D eigenvalue weighted by molar-refractivity contribution is 0.602. The van der Waals surface area contributed by atoms with Gasteiger partial charge in [0.15, 0.2) is 5.11 Å². The van der Waals surface area contributed by atoms with Gasteiger partial charge in [-0.25, -0.2) is 4.39 Å². The predicted molar refractivity (Wildman–Crippen MR) is 99.8 cm³/mol. The van der Waals surface area contributed by atoms with Crippen molar-refractivity contribution in [3.63, 3.8) is 0 Å². The molecule has 24 heavy (non-hydrogen) atoms. The van der Waals surface area contributed by atoms with Crippen LogP contribution in [0, 0.1) is 5.82 Å². The van der Waals surface area contributed by atoms with Crippen LogP contribution in [-0.2, 0) is 6.54 Å². The molecule has 0 aliphatic rings. The molecule has 3 aromatic rings. The summed E-state index contributed by atoms with van der Waals surface area (Å²) in [6.45, 7) is 0.462. The van der Waals surface area contributed by atoms with Crippen LogP contribution in [0.3, 0.4) is 0 Å². The van der Waals surface area contributed by atoms with Gasteiger partial charge in [0.25, 0.3) is 0 Å². The molecule has 0 aliphatic carbocycles. The average Bonchev–Trinajstić information content (AvgIpc) is 2.95. The highest BCUT2D eigenvalue weighted by molar-refractivity contribution is 7.80. The zero-order valence-corrected chi connectivity index (χ0v) is 14.0. The van der Waals surface area contributed by atoms with E-state index in [0.29, 0.717) is 17.2 Å². The van der Waals surface area contributed by atoms with E-state index in [1.807, 2.05) is 41.1 Å². The second-order valence-electron chi connectivity index (χ2n) is 5.27. The summed E-state index contributed by atoms with van der Waals surface area (Å²) in [5, 5.41) is 8.42. The Morgan fingerprint density at radius 3 is 2.75 bits per heavy atom. The first-order valence-corrected chi connectivity index (χ1v) is 7.92. The first-order valence-electron chi connectivity index (χ1n) is 7.51. The van der Waals surface area contributed by atoms with Crippen molar-refractivity contribution in [2.45, 2.75) is 6.54 Å². The Balaban J connectivity index is 1.94. The van der Waals surface area contributed by atoms with Gasteiger partial charge in [-0.1, -0.05) is 36.4 Å². The van der Waals surface area contributed by atoms with E-state index in [2.05, 4.69) is 15.8 Å². The summed E-state index contributed by atoms with van der Waals surface area (Å²) in [6, 6.07) is 14.8. The Labute approximate surface area is 145 Å². The fraction of sp³-hybridized carbons (Fsp3) is 0.111. The first-order chi connectivity index (χ1) is 11.7. The highest BCUT2D eigenvalue weighted by Crippen LogP contribution is 2.21. The molecule has 122 valence electrons. The highest BCUT2D eigenvalue weighted by Gasteiger charge is 2.09. The third-order valence-electron chi connectivity index (χ3n) is 3.71. The summed E-state index contributed by atoms with van der Waals surface area (Å²) in [4.78, 5) is 0. The Morgan fingerprint density at radius 1 is 1.21 bits per heavy atom. The average molecular weight is 340 g/mol. The quantitative estimate of drug-likeness (QED) is 0.435. The van der Waals surface area contributed by atoms with Crippen molar-refractivity contribution in [1.29, 1.82) is 0 Å². The molecule has 4 nitrogen and oxygen atoms in total. The van der Waals surface area contributed by atoms with Crippen LogP contribution in [-0.4, -0.2) is 22.9 Å². The Kier molecular flexibility index (Phi) is 4.86. The second kappa shape index (κ2) is 7.23. The number of hydrogen-bond acceptors (Lipinski definition) is 2. The molecule has 0 atom stereocenters. The van der Waals surface area contributed by atoms with E-state index in [4.69, 9.17) is 12.2 Å². The number of nitrogens with one attached hydrogen (secondary N) is 2. The molecular weight excluding hydrogens is 323 g/mol. The Morgan fingerprint density at radius 2 is 1.96 bits per heavy atom. The van der Waals surface area contributed by atoms with Gasteiger partial charge in [-0.2, -0.15) is 5.10 Å². The minimum Gasteiger partial charge on any atom is -0.364 e. The number of benzene rings is 2. The molecule has 0 bridgehead atoms. The molecule has 0 radical (unpaired) electrons. The lowest BCUT2D eigenvalue weighted by Gasteiger charge is -2.06. The Bertz CT molecular complexity index is 901. The monoisotopic (exact) mass is 340 g/mol. The standard InChI is InChI=1S/C18H17FN4S/c1-20-18(24)22-21-10-14-12-23(17-9-5-3-7-15(14)17)11-13-6-2-4-8-16(13)19/h2-10,12H,11H2,1H3,(H2,20,22,24). The molecule has 0 unspecified atom stereocenters. The third-order valence-corrected chi connectivity index (χ3v) is 4.01. The van der Waals surface area contributed by atoms with Crippen molar-refractivity contribution in [3.05, 3.63) is 71.7 Å². The number of thiocarbonyl (C=S) groups is 1. The fourth-order valence-electron chi connectivity index (χ4n) is 2.54. The molecule has 0 fully saturated rings. The van der Waals surface area contributed by atoms with Crippen molar-refractivity contribution in [2.24, 2.45) is 5.10 Å². The van der Waals surface area contributed by atoms with Gasteiger partial charge in [-0.3, -0.25) is 5.43 Å². The summed E-state index contributed by atoms with van der Waals surface area (Å²) < 4.78 is 16.0. The minimum absolute atomic E-state index is 0.202. The molecule has 0 aliphatic heterocycles. The molecule has 2 N–H and O–H groups in total. The van der Waals surface area contributed by atoms with Gasteiger partial charge in [0.2, 0.25) is 0 Å². The van der Waals surface area contributed by atoms with Gasteiger partial charge < -0.3 is 9.88 Å². The summed E-state index contributed by atoms with van der Waals surface area (Å²) in [6.07, 6.45) is 3.68. The number of nitrogens with zero attached hydrogens (tertiary/aromatic N) is 2. The van der Waals surface area contributed by atoms with E-state index < -0.39 is 0 Å². The van der Waals surface area contributed by atoms with Gasteiger partial charge >= 0.3 is 0 Å². The lowest BCUT2D eigenvalue weighted by Crippen LogP contribution is -2.28. The maximum absolute atomic E-state index is 13.9. The van der Waals surface area contributed by atoms with Crippen molar-refractivity contribution < 1.29 is 4.39 Å². The molecule has 0 amide bonds. The van der Waals surface area contributed by atoms with Crippen molar-refractivity contribution >= 4 is 34.4 Å². The topological polar surface area (TPSA) is 41.4 Å². The zero-order chi connectivity index (χ0) is 16.9. The second-order valence-corrected chi connectivity index (χ2v) is 5.68. The molecule has 1 aromatic heterocycles. The van der Waals surface area contributed by atoms with Gasteiger partial charge in [-0.05, 0) is 24.4 Å². The Hall–Kier alpha value is -2.73. The molecule has 2 aromatic carbocycles. The maximum Gasteiger partial charge on any atom is 0.186 e. The smallest absolute Gasteiger partial charge is 0.186 e. The van der Waals surface area contributed by atoms with Crippen molar-refractivity contribution in [3.8, 4) is 0 Å². The van der Waals surface area contributed by atoms with Crippen LogP contribution in [0.1, 0.15) is 11.1 Å². The molecule has 0 spiro atoms. The third kappa shape index (κ3) is 3.44. The molecular formula is C18H17FN4S. The van der Waals surface area contributed by atoms with Crippen LogP contribution in [0.5, 0.6) is 0 Å². The van der Waals surface area contributed by atoms with Gasteiger partial charge in [0.05, 0.1) is 12.8 Å². The van der Waals surface area contributed by atoms with Crippen molar-refractivity contribution in [2.75, 3.05) is 7.05 Å². The number of fused-ring (bicyclic) bond motifs is 1. The number of halogens is 1.